The summed E-state index contributed by atoms with van der Waals surface area (Å²) in [5.41, 5.74) is 10.9. The molecule has 90 valence electrons. The first kappa shape index (κ1) is 11.1. The van der Waals surface area contributed by atoms with Crippen LogP contribution in [0.3, 0.4) is 0 Å². The molecule has 8 heteroatoms. The van der Waals surface area contributed by atoms with E-state index in [4.69, 9.17) is 11.5 Å². The van der Waals surface area contributed by atoms with Gasteiger partial charge in [-0.25, -0.2) is 4.98 Å². The van der Waals surface area contributed by atoms with Crippen LogP contribution < -0.4 is 16.8 Å². The average Bonchev–Trinajstić information content (AvgIpc) is 2.76. The Morgan fingerprint density at radius 2 is 1.94 bits per heavy atom. The molecule has 0 fully saturated rings. The summed E-state index contributed by atoms with van der Waals surface area (Å²) < 4.78 is 2.00. The Bertz CT molecular complexity index is 446. The summed E-state index contributed by atoms with van der Waals surface area (Å²) in [7, 11) is 0. The van der Waals surface area contributed by atoms with Crippen molar-refractivity contribution < 1.29 is 0 Å². The van der Waals surface area contributed by atoms with E-state index in [1.54, 1.807) is 12.5 Å². The second-order valence-electron chi connectivity index (χ2n) is 3.46. The van der Waals surface area contributed by atoms with Crippen LogP contribution in [0.1, 0.15) is 6.42 Å². The number of anilines is 3. The number of imidazole rings is 1. The highest BCUT2D eigenvalue weighted by Crippen LogP contribution is 2.03. The van der Waals surface area contributed by atoms with Crippen LogP contribution in [0.2, 0.25) is 0 Å². The second kappa shape index (κ2) is 5.10. The number of nitrogens with zero attached hydrogens (tertiary/aromatic N) is 5. The Morgan fingerprint density at radius 3 is 2.59 bits per heavy atom. The van der Waals surface area contributed by atoms with Crippen molar-refractivity contribution >= 4 is 17.8 Å². The molecule has 2 aromatic heterocycles. The van der Waals surface area contributed by atoms with Crippen LogP contribution in [0.5, 0.6) is 0 Å². The van der Waals surface area contributed by atoms with E-state index in [0.717, 1.165) is 19.5 Å². The van der Waals surface area contributed by atoms with Gasteiger partial charge in [-0.15, -0.1) is 0 Å². The molecule has 0 aliphatic heterocycles. The van der Waals surface area contributed by atoms with Gasteiger partial charge in [-0.1, -0.05) is 0 Å². The standard InChI is InChI=1S/C9H14N8/c10-7-14-8(11)16-9(15-7)13-2-1-4-17-5-3-12-6-17/h3,5-6H,1-2,4H2,(H5,10,11,13,14,15,16). The highest BCUT2D eigenvalue weighted by atomic mass is 15.2. The van der Waals surface area contributed by atoms with Gasteiger partial charge >= 0.3 is 0 Å². The quantitative estimate of drug-likeness (QED) is 0.609. The molecule has 8 nitrogen and oxygen atoms in total. The van der Waals surface area contributed by atoms with Gasteiger partial charge in [-0.05, 0) is 6.42 Å². The minimum absolute atomic E-state index is 0.120. The van der Waals surface area contributed by atoms with Gasteiger partial charge in [0.15, 0.2) is 0 Å². The largest absolute Gasteiger partial charge is 0.368 e. The van der Waals surface area contributed by atoms with Gasteiger partial charge < -0.3 is 21.4 Å². The third kappa shape index (κ3) is 3.30. The van der Waals surface area contributed by atoms with Gasteiger partial charge in [-0.2, -0.15) is 15.0 Å². The second-order valence-corrected chi connectivity index (χ2v) is 3.46. The summed E-state index contributed by atoms with van der Waals surface area (Å²) in [6, 6.07) is 0. The minimum Gasteiger partial charge on any atom is -0.368 e. The molecular formula is C9H14N8. The maximum Gasteiger partial charge on any atom is 0.229 e. The zero-order valence-corrected chi connectivity index (χ0v) is 9.24. The van der Waals surface area contributed by atoms with Gasteiger partial charge in [0.2, 0.25) is 17.8 Å². The third-order valence-corrected chi connectivity index (χ3v) is 2.11. The number of hydrogen-bond acceptors (Lipinski definition) is 7. The molecule has 0 aliphatic rings. The van der Waals surface area contributed by atoms with Crippen molar-refractivity contribution in [1.82, 2.24) is 24.5 Å². The molecule has 17 heavy (non-hydrogen) atoms. The molecule has 0 atom stereocenters. The van der Waals surface area contributed by atoms with Gasteiger partial charge in [0, 0.05) is 25.5 Å². The highest BCUT2D eigenvalue weighted by molar-refractivity contribution is 5.36. The Hall–Kier alpha value is -2.38. The molecule has 0 radical (unpaired) electrons. The summed E-state index contributed by atoms with van der Waals surface area (Å²) in [6.45, 7) is 1.60. The van der Waals surface area contributed by atoms with Crippen molar-refractivity contribution in [3.63, 3.8) is 0 Å². The number of rotatable bonds is 5. The summed E-state index contributed by atoms with van der Waals surface area (Å²) in [6.07, 6.45) is 6.36. The lowest BCUT2D eigenvalue weighted by molar-refractivity contribution is 0.659. The number of nitrogens with one attached hydrogen (secondary N) is 1. The normalized spacial score (nSPS) is 10.4. The first-order valence-electron chi connectivity index (χ1n) is 5.20. The van der Waals surface area contributed by atoms with Crippen molar-refractivity contribution in [2.75, 3.05) is 23.3 Å². The summed E-state index contributed by atoms with van der Waals surface area (Å²) in [5.74, 6) is 0.643. The number of nitrogen functional groups attached to an aromatic ring is 2. The zero-order valence-electron chi connectivity index (χ0n) is 9.24. The smallest absolute Gasteiger partial charge is 0.229 e. The van der Waals surface area contributed by atoms with Crippen LogP contribution in [0, 0.1) is 0 Å². The molecule has 0 bridgehead atoms. The monoisotopic (exact) mass is 234 g/mol. The van der Waals surface area contributed by atoms with Crippen LogP contribution in [-0.4, -0.2) is 31.0 Å². The zero-order chi connectivity index (χ0) is 12.1. The fraction of sp³-hybridized carbons (Fsp3) is 0.333. The first-order valence-corrected chi connectivity index (χ1v) is 5.20. The van der Waals surface area contributed by atoms with Crippen molar-refractivity contribution in [2.24, 2.45) is 0 Å². The predicted octanol–water partition coefficient (Wildman–Crippen LogP) is -0.265. The van der Waals surface area contributed by atoms with E-state index in [1.165, 1.54) is 0 Å². The van der Waals surface area contributed by atoms with Gasteiger partial charge in [0.1, 0.15) is 0 Å². The number of hydrogen-bond donors (Lipinski definition) is 3. The highest BCUT2D eigenvalue weighted by Gasteiger charge is 2.00. The fourth-order valence-electron chi connectivity index (χ4n) is 1.37. The number of nitrogens with two attached hydrogens (primary N) is 2. The van der Waals surface area contributed by atoms with Gasteiger partial charge in [-0.3, -0.25) is 0 Å². The Labute approximate surface area is 98.1 Å². The van der Waals surface area contributed by atoms with Gasteiger partial charge in [0.25, 0.3) is 0 Å². The number of aromatic nitrogens is 5. The predicted molar refractivity (Wildman–Crippen MR) is 64.0 cm³/mol. The van der Waals surface area contributed by atoms with E-state index in [1.807, 2.05) is 10.8 Å². The fourth-order valence-corrected chi connectivity index (χ4v) is 1.37. The van der Waals surface area contributed by atoms with E-state index in [-0.39, 0.29) is 11.9 Å². The molecule has 0 aliphatic carbocycles. The van der Waals surface area contributed by atoms with E-state index in [0.29, 0.717) is 5.95 Å². The van der Waals surface area contributed by atoms with E-state index in [2.05, 4.69) is 25.3 Å². The summed E-state index contributed by atoms with van der Waals surface area (Å²) in [4.78, 5) is 15.5. The Morgan fingerprint density at radius 1 is 1.18 bits per heavy atom. The number of aryl methyl sites for hydroxylation is 1. The lowest BCUT2D eigenvalue weighted by Crippen LogP contribution is -2.11. The molecule has 2 aromatic rings. The molecule has 0 saturated carbocycles. The van der Waals surface area contributed by atoms with E-state index >= 15 is 0 Å². The third-order valence-electron chi connectivity index (χ3n) is 2.11. The van der Waals surface area contributed by atoms with Crippen molar-refractivity contribution in [3.8, 4) is 0 Å². The Kier molecular flexibility index (Phi) is 3.34. The first-order chi connectivity index (χ1) is 8.24. The molecule has 2 rings (SSSR count). The molecule has 0 aromatic carbocycles. The van der Waals surface area contributed by atoms with Crippen molar-refractivity contribution in [3.05, 3.63) is 18.7 Å². The minimum atomic E-state index is 0.120. The van der Waals surface area contributed by atoms with Crippen LogP contribution >= 0.6 is 0 Å². The topological polar surface area (TPSA) is 121 Å². The van der Waals surface area contributed by atoms with Crippen molar-refractivity contribution in [1.29, 1.82) is 0 Å². The SMILES string of the molecule is Nc1nc(N)nc(NCCCn2ccnc2)n1. The molecule has 0 spiro atoms. The summed E-state index contributed by atoms with van der Waals surface area (Å²) in [5, 5.41) is 3.03. The van der Waals surface area contributed by atoms with Crippen LogP contribution in [-0.2, 0) is 6.54 Å². The molecule has 0 unspecified atom stereocenters. The lowest BCUT2D eigenvalue weighted by atomic mass is 10.4. The Balaban J connectivity index is 1.78. The molecule has 0 amide bonds. The maximum atomic E-state index is 5.45. The van der Waals surface area contributed by atoms with Crippen LogP contribution in [0.15, 0.2) is 18.7 Å². The molecule has 0 saturated heterocycles. The van der Waals surface area contributed by atoms with E-state index < -0.39 is 0 Å². The van der Waals surface area contributed by atoms with Crippen LogP contribution in [0.25, 0.3) is 0 Å². The van der Waals surface area contributed by atoms with Crippen molar-refractivity contribution in [2.45, 2.75) is 13.0 Å². The van der Waals surface area contributed by atoms with Gasteiger partial charge in [0.05, 0.1) is 6.33 Å². The lowest BCUT2D eigenvalue weighted by Gasteiger charge is -2.05. The molecule has 5 N–H and O–H groups in total. The summed E-state index contributed by atoms with van der Waals surface area (Å²) >= 11 is 0. The van der Waals surface area contributed by atoms with E-state index in [9.17, 15) is 0 Å². The maximum absolute atomic E-state index is 5.45. The van der Waals surface area contributed by atoms with Crippen LogP contribution in [0.4, 0.5) is 17.8 Å². The molecule has 2 heterocycles. The average molecular weight is 234 g/mol. The molecular weight excluding hydrogens is 220 g/mol.